The third-order valence-corrected chi connectivity index (χ3v) is 5.82. The molecule has 0 saturated carbocycles. The third kappa shape index (κ3) is 5.86. The molecule has 0 radical (unpaired) electrons. The van der Waals surface area contributed by atoms with E-state index < -0.39 is 0 Å². The maximum Gasteiger partial charge on any atom is 0.193 e. The number of nitrogens with one attached hydrogen (secondary N) is 1. The molecule has 6 heteroatoms. The third-order valence-electron chi connectivity index (χ3n) is 5.82. The molecule has 5 nitrogen and oxygen atoms in total. The first kappa shape index (κ1) is 23.3. The van der Waals surface area contributed by atoms with Gasteiger partial charge in [0.2, 0.25) is 0 Å². The van der Waals surface area contributed by atoms with Gasteiger partial charge < -0.3 is 14.5 Å². The van der Waals surface area contributed by atoms with Crippen LogP contribution < -0.4 is 15.5 Å². The van der Waals surface area contributed by atoms with Crippen molar-refractivity contribution in [2.75, 3.05) is 6.54 Å². The summed E-state index contributed by atoms with van der Waals surface area (Å²) in [5.74, 6) is 1.26. The zero-order valence-corrected chi connectivity index (χ0v) is 18.8. The largest absolute Gasteiger partial charge is 0.489 e. The Labute approximate surface area is 189 Å². The second kappa shape index (κ2) is 11.3. The minimum Gasteiger partial charge on any atom is -0.489 e. The van der Waals surface area contributed by atoms with Crippen molar-refractivity contribution in [1.82, 2.24) is 10.3 Å². The molecule has 4 rings (SSSR count). The number of unbranched alkanes of at least 4 members (excludes halogenated alkanes) is 2. The fourth-order valence-corrected chi connectivity index (χ4v) is 4.17. The summed E-state index contributed by atoms with van der Waals surface area (Å²) < 4.78 is 12.4. The van der Waals surface area contributed by atoms with Crippen LogP contribution in [0.4, 0.5) is 0 Å². The van der Waals surface area contributed by atoms with E-state index >= 15 is 0 Å². The van der Waals surface area contributed by atoms with Crippen LogP contribution in [0.5, 0.6) is 5.75 Å². The van der Waals surface area contributed by atoms with Crippen molar-refractivity contribution in [2.45, 2.75) is 64.0 Å². The van der Waals surface area contributed by atoms with Crippen molar-refractivity contribution >= 4 is 23.4 Å². The Bertz CT molecular complexity index is 1020. The van der Waals surface area contributed by atoms with Gasteiger partial charge in [0.05, 0.1) is 5.39 Å². The molecule has 0 bridgehead atoms. The second-order valence-electron chi connectivity index (χ2n) is 8.08. The van der Waals surface area contributed by atoms with Gasteiger partial charge in [-0.15, -0.1) is 12.4 Å². The van der Waals surface area contributed by atoms with Crippen LogP contribution in [0.3, 0.4) is 0 Å². The topological polar surface area (TPSA) is 64.4 Å². The maximum absolute atomic E-state index is 12.8. The molecule has 1 N–H and O–H groups in total. The van der Waals surface area contributed by atoms with Gasteiger partial charge in [-0.05, 0) is 62.6 Å². The van der Waals surface area contributed by atoms with E-state index in [1.807, 2.05) is 30.3 Å². The SMILES string of the molecule is CCCCCC(Oc1ccc2oc(-c3cccnc3)cc(=O)c2c1)C1CCCCN1.Cl. The Kier molecular flexibility index (Phi) is 8.50. The van der Waals surface area contributed by atoms with Crippen LogP contribution in [0, 0.1) is 0 Å². The summed E-state index contributed by atoms with van der Waals surface area (Å²) in [7, 11) is 0. The summed E-state index contributed by atoms with van der Waals surface area (Å²) in [4.78, 5) is 16.9. The fraction of sp³-hybridized carbons (Fsp3) is 0.440. The lowest BCUT2D eigenvalue weighted by Gasteiger charge is -2.32. The number of ether oxygens (including phenoxy) is 1. The summed E-state index contributed by atoms with van der Waals surface area (Å²) >= 11 is 0. The molecule has 166 valence electrons. The number of piperidine rings is 1. The molecule has 3 heterocycles. The Hall–Kier alpha value is -2.37. The van der Waals surface area contributed by atoms with Crippen LogP contribution in [0.1, 0.15) is 51.9 Å². The molecule has 3 aromatic rings. The predicted molar refractivity (Wildman–Crippen MR) is 127 cm³/mol. The number of halogens is 1. The number of nitrogens with zero attached hydrogens (tertiary/aromatic N) is 1. The average molecular weight is 443 g/mol. The standard InChI is InChI=1S/C25H30N2O3.ClH/c1-2-3-4-10-24(21-9-5-6-14-27-21)29-19-11-12-23-20(15-19)22(28)16-25(30-23)18-8-7-13-26-17-18;/h7-8,11-13,15-17,21,24,27H,2-6,9-10,14H2,1H3;1H. The normalized spacial score (nSPS) is 17.1. The van der Waals surface area contributed by atoms with Gasteiger partial charge in [-0.2, -0.15) is 0 Å². The molecular weight excluding hydrogens is 412 g/mol. The lowest BCUT2D eigenvalue weighted by molar-refractivity contribution is 0.125. The minimum atomic E-state index is -0.0705. The quantitative estimate of drug-likeness (QED) is 0.450. The predicted octanol–water partition coefficient (Wildman–Crippen LogP) is 5.75. The highest BCUT2D eigenvalue weighted by Gasteiger charge is 2.25. The maximum atomic E-state index is 12.8. The van der Waals surface area contributed by atoms with Gasteiger partial charge in [0.25, 0.3) is 0 Å². The van der Waals surface area contributed by atoms with Crippen molar-refractivity contribution in [3.05, 3.63) is 59.0 Å². The van der Waals surface area contributed by atoms with Crippen LogP contribution >= 0.6 is 12.4 Å². The van der Waals surface area contributed by atoms with Crippen LogP contribution in [-0.4, -0.2) is 23.7 Å². The smallest absolute Gasteiger partial charge is 0.193 e. The highest BCUT2D eigenvalue weighted by atomic mass is 35.5. The van der Waals surface area contributed by atoms with Crippen LogP contribution in [0.15, 0.2) is 58.0 Å². The average Bonchev–Trinajstić information content (AvgIpc) is 2.80. The van der Waals surface area contributed by atoms with Gasteiger partial charge in [-0.3, -0.25) is 9.78 Å². The highest BCUT2D eigenvalue weighted by molar-refractivity contribution is 5.85. The molecule has 31 heavy (non-hydrogen) atoms. The molecule has 1 fully saturated rings. The number of hydrogen-bond acceptors (Lipinski definition) is 5. The number of benzene rings is 1. The molecule has 1 saturated heterocycles. The van der Waals surface area contributed by atoms with E-state index in [1.165, 1.54) is 31.7 Å². The summed E-state index contributed by atoms with van der Waals surface area (Å²) in [6.07, 6.45) is 11.7. The Balaban J connectivity index is 0.00000272. The summed E-state index contributed by atoms with van der Waals surface area (Å²) in [5.41, 5.74) is 1.28. The molecular formula is C25H31ClN2O3. The number of hydrogen-bond donors (Lipinski definition) is 1. The van der Waals surface area contributed by atoms with Crippen molar-refractivity contribution in [3.63, 3.8) is 0 Å². The fourth-order valence-electron chi connectivity index (χ4n) is 4.17. The van der Waals surface area contributed by atoms with E-state index in [4.69, 9.17) is 9.15 Å². The molecule has 1 aromatic carbocycles. The molecule has 1 aliphatic rings. The van der Waals surface area contributed by atoms with Crippen molar-refractivity contribution in [2.24, 2.45) is 0 Å². The molecule has 2 unspecified atom stereocenters. The zero-order chi connectivity index (χ0) is 20.8. The first-order valence-electron chi connectivity index (χ1n) is 11.1. The molecule has 0 amide bonds. The summed E-state index contributed by atoms with van der Waals surface area (Å²) in [6.45, 7) is 3.27. The van der Waals surface area contributed by atoms with Gasteiger partial charge in [0.1, 0.15) is 23.2 Å². The Morgan fingerprint density at radius 2 is 2.13 bits per heavy atom. The summed E-state index contributed by atoms with van der Waals surface area (Å²) in [6, 6.07) is 11.2. The van der Waals surface area contributed by atoms with Gasteiger partial charge in [-0.1, -0.05) is 26.2 Å². The molecule has 2 aromatic heterocycles. The van der Waals surface area contributed by atoms with Gasteiger partial charge >= 0.3 is 0 Å². The monoisotopic (exact) mass is 442 g/mol. The van der Waals surface area contributed by atoms with Gasteiger partial charge in [0.15, 0.2) is 5.43 Å². The Morgan fingerprint density at radius 3 is 2.87 bits per heavy atom. The number of rotatable bonds is 8. The van der Waals surface area contributed by atoms with E-state index in [9.17, 15) is 4.79 Å². The minimum absolute atomic E-state index is 0. The lowest BCUT2D eigenvalue weighted by Crippen LogP contribution is -2.45. The van der Waals surface area contributed by atoms with Crippen molar-refractivity contribution in [1.29, 1.82) is 0 Å². The van der Waals surface area contributed by atoms with E-state index in [0.29, 0.717) is 22.8 Å². The number of fused-ring (bicyclic) bond motifs is 1. The molecule has 0 spiro atoms. The summed E-state index contributed by atoms with van der Waals surface area (Å²) in [5, 5.41) is 4.17. The molecule has 2 atom stereocenters. The second-order valence-corrected chi connectivity index (χ2v) is 8.08. The van der Waals surface area contributed by atoms with Gasteiger partial charge in [-0.25, -0.2) is 0 Å². The first-order chi connectivity index (χ1) is 14.7. The van der Waals surface area contributed by atoms with Crippen LogP contribution in [-0.2, 0) is 0 Å². The molecule has 1 aliphatic heterocycles. The van der Waals surface area contributed by atoms with E-state index in [-0.39, 0.29) is 23.9 Å². The van der Waals surface area contributed by atoms with Crippen LogP contribution in [0.2, 0.25) is 0 Å². The Morgan fingerprint density at radius 1 is 1.23 bits per heavy atom. The van der Waals surface area contributed by atoms with Crippen LogP contribution in [0.25, 0.3) is 22.3 Å². The number of pyridine rings is 1. The first-order valence-corrected chi connectivity index (χ1v) is 11.1. The van der Waals surface area contributed by atoms with E-state index in [2.05, 4.69) is 17.2 Å². The van der Waals surface area contributed by atoms with Crippen molar-refractivity contribution < 1.29 is 9.15 Å². The molecule has 0 aliphatic carbocycles. The van der Waals surface area contributed by atoms with E-state index in [1.54, 1.807) is 12.4 Å². The van der Waals surface area contributed by atoms with Gasteiger partial charge in [0, 0.05) is 30.1 Å². The van der Waals surface area contributed by atoms with E-state index in [0.717, 1.165) is 37.1 Å². The lowest BCUT2D eigenvalue weighted by atomic mass is 9.96. The zero-order valence-electron chi connectivity index (χ0n) is 18.0. The highest BCUT2D eigenvalue weighted by Crippen LogP contribution is 2.26. The van der Waals surface area contributed by atoms with Crippen molar-refractivity contribution in [3.8, 4) is 17.1 Å². The number of aromatic nitrogens is 1.